The van der Waals surface area contributed by atoms with E-state index in [0.29, 0.717) is 13.1 Å². The summed E-state index contributed by atoms with van der Waals surface area (Å²) in [5, 5.41) is 1.65. The van der Waals surface area contributed by atoms with Gasteiger partial charge >= 0.3 is 5.97 Å². The summed E-state index contributed by atoms with van der Waals surface area (Å²) < 4.78 is 0. The smallest absolute Gasteiger partial charge is 0.332 e. The van der Waals surface area contributed by atoms with Crippen molar-refractivity contribution in [1.82, 2.24) is 5.06 Å². The lowest BCUT2D eigenvalue weighted by atomic mass is 10.0. The molecule has 16 heavy (non-hydrogen) atoms. The van der Waals surface area contributed by atoms with E-state index in [4.69, 9.17) is 4.84 Å². The Morgan fingerprint density at radius 1 is 1.25 bits per heavy atom. The lowest BCUT2D eigenvalue weighted by Gasteiger charge is -2.17. The van der Waals surface area contributed by atoms with E-state index >= 15 is 0 Å². The summed E-state index contributed by atoms with van der Waals surface area (Å²) in [7, 11) is 0. The Morgan fingerprint density at radius 2 is 1.88 bits per heavy atom. The standard InChI is InChI=1S/C13H15NO2/c1-11(12-7-3-2-4-8-12)13(15)16-14-9-5-6-10-14/h2-8,11H,9-10H2,1H3. The molecule has 0 spiro atoms. The number of carbonyl (C=O) groups excluding carboxylic acids is 1. The molecule has 0 amide bonds. The fourth-order valence-electron chi connectivity index (χ4n) is 1.62. The van der Waals surface area contributed by atoms with Crippen LogP contribution in [0.1, 0.15) is 18.4 Å². The number of nitrogens with zero attached hydrogens (tertiary/aromatic N) is 1. The fraction of sp³-hybridized carbons (Fsp3) is 0.308. The number of carbonyl (C=O) groups is 1. The van der Waals surface area contributed by atoms with Crippen LogP contribution in [0.25, 0.3) is 0 Å². The van der Waals surface area contributed by atoms with E-state index in [2.05, 4.69) is 0 Å². The highest BCUT2D eigenvalue weighted by atomic mass is 16.7. The summed E-state index contributed by atoms with van der Waals surface area (Å²) in [6, 6.07) is 9.67. The molecule has 1 atom stereocenters. The van der Waals surface area contributed by atoms with Crippen LogP contribution in [0.2, 0.25) is 0 Å². The molecule has 3 heteroatoms. The average Bonchev–Trinajstić information content (AvgIpc) is 2.82. The molecule has 0 aliphatic carbocycles. The van der Waals surface area contributed by atoms with Crippen LogP contribution in [0.5, 0.6) is 0 Å². The van der Waals surface area contributed by atoms with Crippen molar-refractivity contribution in [3.63, 3.8) is 0 Å². The molecule has 3 nitrogen and oxygen atoms in total. The first-order valence-electron chi connectivity index (χ1n) is 5.44. The zero-order chi connectivity index (χ0) is 11.4. The van der Waals surface area contributed by atoms with Crippen molar-refractivity contribution in [1.29, 1.82) is 0 Å². The third kappa shape index (κ3) is 2.49. The SMILES string of the molecule is CC(C(=O)ON1CC=CC1)c1ccccc1. The maximum absolute atomic E-state index is 11.8. The summed E-state index contributed by atoms with van der Waals surface area (Å²) in [5.41, 5.74) is 0.986. The number of hydrogen-bond donors (Lipinski definition) is 0. The zero-order valence-electron chi connectivity index (χ0n) is 9.30. The van der Waals surface area contributed by atoms with Gasteiger partial charge in [0, 0.05) is 0 Å². The number of hydroxylamine groups is 2. The van der Waals surface area contributed by atoms with Crippen molar-refractivity contribution < 1.29 is 9.63 Å². The molecule has 0 saturated heterocycles. The van der Waals surface area contributed by atoms with Gasteiger partial charge in [-0.2, -0.15) is 0 Å². The van der Waals surface area contributed by atoms with Crippen molar-refractivity contribution in [3.8, 4) is 0 Å². The first-order chi connectivity index (χ1) is 7.77. The van der Waals surface area contributed by atoms with E-state index in [-0.39, 0.29) is 11.9 Å². The Morgan fingerprint density at radius 3 is 2.50 bits per heavy atom. The molecule has 0 bridgehead atoms. The first-order valence-corrected chi connectivity index (χ1v) is 5.44. The van der Waals surface area contributed by atoms with E-state index < -0.39 is 0 Å². The average molecular weight is 217 g/mol. The van der Waals surface area contributed by atoms with E-state index in [0.717, 1.165) is 5.56 Å². The van der Waals surface area contributed by atoms with Crippen LogP contribution in [0.3, 0.4) is 0 Å². The lowest BCUT2D eigenvalue weighted by molar-refractivity contribution is -0.185. The predicted octanol–water partition coefficient (Wildman–Crippen LogP) is 2.12. The van der Waals surface area contributed by atoms with Gasteiger partial charge in [-0.25, -0.2) is 4.79 Å². The van der Waals surface area contributed by atoms with Gasteiger partial charge in [-0.1, -0.05) is 42.5 Å². The number of hydrogen-bond acceptors (Lipinski definition) is 3. The molecule has 0 aromatic heterocycles. The summed E-state index contributed by atoms with van der Waals surface area (Å²) in [5.74, 6) is -0.420. The van der Waals surface area contributed by atoms with Crippen LogP contribution < -0.4 is 0 Å². The minimum Gasteiger partial charge on any atom is -0.367 e. The van der Waals surface area contributed by atoms with Crippen molar-refractivity contribution in [2.45, 2.75) is 12.8 Å². The van der Waals surface area contributed by atoms with E-state index in [1.165, 1.54) is 0 Å². The fourth-order valence-corrected chi connectivity index (χ4v) is 1.62. The minimum atomic E-state index is -0.221. The van der Waals surface area contributed by atoms with Gasteiger partial charge in [-0.15, -0.1) is 5.06 Å². The molecular formula is C13H15NO2. The predicted molar refractivity (Wildman–Crippen MR) is 61.7 cm³/mol. The van der Waals surface area contributed by atoms with Crippen molar-refractivity contribution >= 4 is 5.97 Å². The summed E-state index contributed by atoms with van der Waals surface area (Å²) >= 11 is 0. The van der Waals surface area contributed by atoms with Crippen LogP contribution in [0.4, 0.5) is 0 Å². The quantitative estimate of drug-likeness (QED) is 0.726. The third-order valence-corrected chi connectivity index (χ3v) is 2.66. The van der Waals surface area contributed by atoms with Gasteiger partial charge in [0.1, 0.15) is 0 Å². The highest BCUT2D eigenvalue weighted by molar-refractivity contribution is 5.77. The summed E-state index contributed by atoms with van der Waals surface area (Å²) in [4.78, 5) is 17.1. The van der Waals surface area contributed by atoms with Gasteiger partial charge in [0.2, 0.25) is 0 Å². The molecule has 0 N–H and O–H groups in total. The van der Waals surface area contributed by atoms with Crippen molar-refractivity contribution in [3.05, 3.63) is 48.0 Å². The molecule has 1 aromatic rings. The molecule has 84 valence electrons. The van der Waals surface area contributed by atoms with Gasteiger partial charge in [-0.3, -0.25) is 0 Å². The Hall–Kier alpha value is -1.61. The number of benzene rings is 1. The van der Waals surface area contributed by atoms with Crippen LogP contribution >= 0.6 is 0 Å². The highest BCUT2D eigenvalue weighted by Gasteiger charge is 2.20. The molecule has 0 radical (unpaired) electrons. The zero-order valence-corrected chi connectivity index (χ0v) is 9.30. The first kappa shape index (κ1) is 10.9. The van der Waals surface area contributed by atoms with Gasteiger partial charge in [-0.05, 0) is 12.5 Å². The van der Waals surface area contributed by atoms with Gasteiger partial charge in [0.25, 0.3) is 0 Å². The molecule has 1 aromatic carbocycles. The Balaban J connectivity index is 1.94. The highest BCUT2D eigenvalue weighted by Crippen LogP contribution is 2.17. The monoisotopic (exact) mass is 217 g/mol. The summed E-state index contributed by atoms with van der Waals surface area (Å²) in [6.07, 6.45) is 3.97. The maximum Gasteiger partial charge on any atom is 0.332 e. The van der Waals surface area contributed by atoms with Crippen LogP contribution in [-0.4, -0.2) is 24.1 Å². The normalized spacial score (nSPS) is 17.3. The maximum atomic E-state index is 11.8. The van der Waals surface area contributed by atoms with Gasteiger partial charge in [0.05, 0.1) is 19.0 Å². The topological polar surface area (TPSA) is 29.5 Å². The molecular weight excluding hydrogens is 202 g/mol. The van der Waals surface area contributed by atoms with Crippen molar-refractivity contribution in [2.24, 2.45) is 0 Å². The second-order valence-corrected chi connectivity index (χ2v) is 3.86. The molecule has 2 rings (SSSR count). The second kappa shape index (κ2) is 4.94. The Bertz CT molecular complexity index is 378. The van der Waals surface area contributed by atoms with Crippen LogP contribution in [-0.2, 0) is 9.63 Å². The van der Waals surface area contributed by atoms with Gasteiger partial charge in [0.15, 0.2) is 0 Å². The second-order valence-electron chi connectivity index (χ2n) is 3.86. The largest absolute Gasteiger partial charge is 0.367 e. The molecule has 1 aliphatic rings. The molecule has 1 unspecified atom stereocenters. The molecule has 1 aliphatic heterocycles. The van der Waals surface area contributed by atoms with Crippen LogP contribution in [0, 0.1) is 0 Å². The number of rotatable bonds is 3. The Labute approximate surface area is 95.3 Å². The van der Waals surface area contributed by atoms with Gasteiger partial charge < -0.3 is 4.84 Å². The molecule has 0 saturated carbocycles. The lowest BCUT2D eigenvalue weighted by Crippen LogP contribution is -2.27. The van der Waals surface area contributed by atoms with E-state index in [1.807, 2.05) is 49.4 Å². The van der Waals surface area contributed by atoms with Crippen LogP contribution in [0.15, 0.2) is 42.5 Å². The van der Waals surface area contributed by atoms with E-state index in [1.54, 1.807) is 5.06 Å². The molecule has 0 fully saturated rings. The summed E-state index contributed by atoms with van der Waals surface area (Å²) in [6.45, 7) is 3.24. The minimum absolute atomic E-state index is 0.199. The van der Waals surface area contributed by atoms with Crippen molar-refractivity contribution in [2.75, 3.05) is 13.1 Å². The van der Waals surface area contributed by atoms with E-state index in [9.17, 15) is 4.79 Å². The Kier molecular flexibility index (Phi) is 3.37. The third-order valence-electron chi connectivity index (χ3n) is 2.66. The molecule has 1 heterocycles.